The number of furan rings is 1. The van der Waals surface area contributed by atoms with Crippen LogP contribution in [0.1, 0.15) is 23.0 Å². The van der Waals surface area contributed by atoms with Crippen molar-refractivity contribution >= 4 is 28.4 Å². The quantitative estimate of drug-likeness (QED) is 0.687. The van der Waals surface area contributed by atoms with Crippen LogP contribution in [0, 0.1) is 0 Å². The van der Waals surface area contributed by atoms with Crippen molar-refractivity contribution < 1.29 is 9.21 Å². The Balaban J connectivity index is 2.16. The molecular formula is C14H11ClN2O2. The number of nitrogens with zero attached hydrogens (tertiary/aromatic N) is 2. The Bertz CT molecular complexity index is 758. The summed E-state index contributed by atoms with van der Waals surface area (Å²) in [5, 5.41) is 5.22. The fourth-order valence-electron chi connectivity index (χ4n) is 2.11. The molecule has 0 radical (unpaired) electrons. The number of para-hydroxylation sites is 1. The summed E-state index contributed by atoms with van der Waals surface area (Å²) < 4.78 is 6.98. The lowest BCUT2D eigenvalue weighted by Crippen LogP contribution is -2.10. The maximum Gasteiger partial charge on any atom is 0.216 e. The first-order valence-electron chi connectivity index (χ1n) is 5.94. The molecule has 0 fully saturated rings. The van der Waals surface area contributed by atoms with Crippen LogP contribution >= 0.6 is 11.6 Å². The predicted molar refractivity (Wildman–Crippen MR) is 72.6 cm³/mol. The summed E-state index contributed by atoms with van der Waals surface area (Å²) in [6, 6.07) is 7.41. The molecule has 0 unspecified atom stereocenters. The standard InChI is InChI=1S/C14H11ClN2O2/c1-2-17-13(11(15)7-16-17)14(18)10-8-19-12-6-4-3-5-9(10)12/h3-8H,2H2,1H3. The predicted octanol–water partition coefficient (Wildman–Crippen LogP) is 3.53. The normalized spacial score (nSPS) is 11.1. The van der Waals surface area contributed by atoms with E-state index in [9.17, 15) is 4.79 Å². The summed E-state index contributed by atoms with van der Waals surface area (Å²) in [6.45, 7) is 2.50. The van der Waals surface area contributed by atoms with Gasteiger partial charge in [-0.05, 0) is 13.0 Å². The number of hydrogen-bond acceptors (Lipinski definition) is 3. The fraction of sp³-hybridized carbons (Fsp3) is 0.143. The molecule has 19 heavy (non-hydrogen) atoms. The van der Waals surface area contributed by atoms with E-state index in [1.807, 2.05) is 31.2 Å². The van der Waals surface area contributed by atoms with Gasteiger partial charge < -0.3 is 4.42 Å². The van der Waals surface area contributed by atoms with E-state index in [0.29, 0.717) is 28.4 Å². The van der Waals surface area contributed by atoms with E-state index in [4.69, 9.17) is 16.0 Å². The van der Waals surface area contributed by atoms with Gasteiger partial charge in [-0.2, -0.15) is 5.10 Å². The monoisotopic (exact) mass is 274 g/mol. The van der Waals surface area contributed by atoms with Gasteiger partial charge in [0.05, 0.1) is 16.8 Å². The number of fused-ring (bicyclic) bond motifs is 1. The van der Waals surface area contributed by atoms with E-state index in [-0.39, 0.29) is 5.78 Å². The molecule has 1 aromatic carbocycles. The van der Waals surface area contributed by atoms with Crippen LogP contribution < -0.4 is 0 Å². The van der Waals surface area contributed by atoms with E-state index in [0.717, 1.165) is 5.39 Å². The second kappa shape index (κ2) is 4.55. The second-order valence-corrected chi connectivity index (χ2v) is 4.54. The SMILES string of the molecule is CCn1ncc(Cl)c1C(=O)c1coc2ccccc12. The molecule has 4 nitrogen and oxygen atoms in total. The van der Waals surface area contributed by atoms with Crippen LogP contribution in [0.3, 0.4) is 0 Å². The molecule has 0 spiro atoms. The zero-order valence-corrected chi connectivity index (χ0v) is 11.0. The molecule has 3 aromatic rings. The van der Waals surface area contributed by atoms with Crippen molar-refractivity contribution in [1.29, 1.82) is 0 Å². The minimum Gasteiger partial charge on any atom is -0.464 e. The second-order valence-electron chi connectivity index (χ2n) is 4.13. The number of aromatic nitrogens is 2. The summed E-state index contributed by atoms with van der Waals surface area (Å²) in [5.41, 5.74) is 1.59. The van der Waals surface area contributed by atoms with Crippen molar-refractivity contribution in [2.24, 2.45) is 0 Å². The van der Waals surface area contributed by atoms with Crippen LogP contribution in [-0.2, 0) is 6.54 Å². The number of hydrogen-bond donors (Lipinski definition) is 0. The molecule has 0 aliphatic heterocycles. The van der Waals surface area contributed by atoms with Crippen molar-refractivity contribution in [3.8, 4) is 0 Å². The van der Waals surface area contributed by atoms with Crippen LogP contribution in [0.25, 0.3) is 11.0 Å². The molecule has 0 atom stereocenters. The number of carbonyl (C=O) groups is 1. The van der Waals surface area contributed by atoms with Crippen molar-refractivity contribution in [3.63, 3.8) is 0 Å². The number of benzene rings is 1. The summed E-state index contributed by atoms with van der Waals surface area (Å²) in [6.07, 6.45) is 2.96. The zero-order valence-electron chi connectivity index (χ0n) is 10.3. The van der Waals surface area contributed by atoms with E-state index in [1.165, 1.54) is 12.5 Å². The minimum absolute atomic E-state index is 0.172. The van der Waals surface area contributed by atoms with Crippen LogP contribution in [0.4, 0.5) is 0 Å². The number of rotatable bonds is 3. The van der Waals surface area contributed by atoms with Crippen LogP contribution in [-0.4, -0.2) is 15.6 Å². The maximum atomic E-state index is 12.6. The van der Waals surface area contributed by atoms with Crippen molar-refractivity contribution in [3.05, 3.63) is 53.0 Å². The Morgan fingerprint density at radius 1 is 1.42 bits per heavy atom. The van der Waals surface area contributed by atoms with E-state index < -0.39 is 0 Å². The Morgan fingerprint density at radius 3 is 3.00 bits per heavy atom. The highest BCUT2D eigenvalue weighted by Crippen LogP contribution is 2.26. The first-order chi connectivity index (χ1) is 9.22. The smallest absolute Gasteiger partial charge is 0.216 e. The van der Waals surface area contributed by atoms with E-state index >= 15 is 0 Å². The Kier molecular flexibility index (Phi) is 2.87. The number of carbonyl (C=O) groups excluding carboxylic acids is 1. The van der Waals surface area contributed by atoms with Gasteiger partial charge in [0.25, 0.3) is 0 Å². The first kappa shape index (κ1) is 12.0. The molecule has 0 saturated carbocycles. The van der Waals surface area contributed by atoms with Gasteiger partial charge in [0, 0.05) is 11.9 Å². The summed E-state index contributed by atoms with van der Waals surface area (Å²) in [5.74, 6) is -0.172. The van der Waals surface area contributed by atoms with E-state index in [2.05, 4.69) is 5.10 Å². The first-order valence-corrected chi connectivity index (χ1v) is 6.32. The average Bonchev–Trinajstić information content (AvgIpc) is 3.01. The molecule has 0 amide bonds. The van der Waals surface area contributed by atoms with Gasteiger partial charge >= 0.3 is 0 Å². The number of ketones is 1. The molecule has 0 aliphatic rings. The van der Waals surface area contributed by atoms with Crippen molar-refractivity contribution in [2.45, 2.75) is 13.5 Å². The summed E-state index contributed by atoms with van der Waals surface area (Å²) >= 11 is 6.05. The highest BCUT2D eigenvalue weighted by atomic mass is 35.5. The van der Waals surface area contributed by atoms with Gasteiger partial charge in [0.1, 0.15) is 17.5 Å². The van der Waals surface area contributed by atoms with Gasteiger partial charge in [-0.15, -0.1) is 0 Å². The third-order valence-electron chi connectivity index (χ3n) is 3.04. The molecule has 2 heterocycles. The van der Waals surface area contributed by atoms with Gasteiger partial charge in [-0.1, -0.05) is 29.8 Å². The lowest BCUT2D eigenvalue weighted by Gasteiger charge is -2.03. The van der Waals surface area contributed by atoms with Crippen molar-refractivity contribution in [1.82, 2.24) is 9.78 Å². The molecule has 96 valence electrons. The lowest BCUT2D eigenvalue weighted by molar-refractivity contribution is 0.103. The van der Waals surface area contributed by atoms with Gasteiger partial charge in [0.2, 0.25) is 5.78 Å². The summed E-state index contributed by atoms with van der Waals surface area (Å²) in [7, 11) is 0. The van der Waals surface area contributed by atoms with Gasteiger partial charge in [-0.3, -0.25) is 9.48 Å². The molecule has 2 aromatic heterocycles. The molecule has 0 N–H and O–H groups in total. The summed E-state index contributed by atoms with van der Waals surface area (Å²) in [4.78, 5) is 12.6. The Labute approximate surface area is 114 Å². The Morgan fingerprint density at radius 2 is 2.21 bits per heavy atom. The average molecular weight is 275 g/mol. The molecular weight excluding hydrogens is 264 g/mol. The van der Waals surface area contributed by atoms with E-state index in [1.54, 1.807) is 4.68 Å². The molecule has 0 saturated heterocycles. The lowest BCUT2D eigenvalue weighted by atomic mass is 10.1. The van der Waals surface area contributed by atoms with Crippen LogP contribution in [0.2, 0.25) is 5.02 Å². The topological polar surface area (TPSA) is 48.0 Å². The van der Waals surface area contributed by atoms with Crippen LogP contribution in [0.15, 0.2) is 41.1 Å². The molecule has 3 rings (SSSR count). The van der Waals surface area contributed by atoms with Crippen molar-refractivity contribution in [2.75, 3.05) is 0 Å². The number of halogens is 1. The maximum absolute atomic E-state index is 12.6. The largest absolute Gasteiger partial charge is 0.464 e. The fourth-order valence-corrected chi connectivity index (χ4v) is 2.34. The zero-order chi connectivity index (χ0) is 13.4. The van der Waals surface area contributed by atoms with Gasteiger partial charge in [-0.25, -0.2) is 0 Å². The molecule has 5 heteroatoms. The molecule has 0 bridgehead atoms. The van der Waals surface area contributed by atoms with Gasteiger partial charge in [0.15, 0.2) is 0 Å². The highest BCUT2D eigenvalue weighted by Gasteiger charge is 2.22. The third kappa shape index (κ3) is 1.85. The highest BCUT2D eigenvalue weighted by molar-refractivity contribution is 6.35. The number of aryl methyl sites for hydroxylation is 1. The van der Waals surface area contributed by atoms with Crippen LogP contribution in [0.5, 0.6) is 0 Å². The third-order valence-corrected chi connectivity index (χ3v) is 3.31. The molecule has 0 aliphatic carbocycles. The minimum atomic E-state index is -0.172. The Hall–Kier alpha value is -2.07.